The number of nitrogens with zero attached hydrogens (tertiary/aromatic N) is 1. The van der Waals surface area contributed by atoms with E-state index in [1.165, 1.54) is 5.56 Å². The van der Waals surface area contributed by atoms with Crippen LogP contribution in [0.3, 0.4) is 0 Å². The molecule has 2 fully saturated rings. The van der Waals surface area contributed by atoms with Crippen LogP contribution >= 0.6 is 0 Å². The fraction of sp³-hybridized carbons (Fsp3) is 0.588. The molecular weight excluding hydrogens is 248 g/mol. The molecule has 1 N–H and O–H groups in total. The van der Waals surface area contributed by atoms with E-state index in [1.807, 2.05) is 6.07 Å². The fourth-order valence-corrected chi connectivity index (χ4v) is 3.66. The van der Waals surface area contributed by atoms with Gasteiger partial charge in [-0.15, -0.1) is 0 Å². The Balaban J connectivity index is 1.91. The van der Waals surface area contributed by atoms with Crippen LogP contribution in [0.25, 0.3) is 0 Å². The molecule has 108 valence electrons. The van der Waals surface area contributed by atoms with Crippen molar-refractivity contribution in [3.8, 4) is 0 Å². The van der Waals surface area contributed by atoms with Crippen LogP contribution in [-0.4, -0.2) is 37.0 Å². The Morgan fingerprint density at radius 1 is 1.25 bits per heavy atom. The second-order valence-corrected chi connectivity index (χ2v) is 6.34. The molecule has 1 amide bonds. The zero-order valence-corrected chi connectivity index (χ0v) is 12.3. The Kier molecular flexibility index (Phi) is 3.79. The summed E-state index contributed by atoms with van der Waals surface area (Å²) in [6, 6.07) is 10.4. The van der Waals surface area contributed by atoms with Crippen LogP contribution in [0.4, 0.5) is 0 Å². The summed E-state index contributed by atoms with van der Waals surface area (Å²) in [4.78, 5) is 15.3. The minimum Gasteiger partial charge on any atom is -0.342 e. The van der Waals surface area contributed by atoms with Crippen molar-refractivity contribution >= 4 is 5.91 Å². The highest BCUT2D eigenvalue weighted by atomic mass is 16.2. The second kappa shape index (κ2) is 5.57. The Morgan fingerprint density at radius 3 is 2.55 bits per heavy atom. The molecule has 1 aromatic carbocycles. The number of nitrogens with one attached hydrogen (secondary N) is 1. The van der Waals surface area contributed by atoms with Crippen molar-refractivity contribution in [1.82, 2.24) is 10.2 Å². The minimum atomic E-state index is -0.295. The van der Waals surface area contributed by atoms with Gasteiger partial charge in [0.25, 0.3) is 0 Å². The molecule has 0 aromatic heterocycles. The van der Waals surface area contributed by atoms with Gasteiger partial charge in [-0.05, 0) is 43.8 Å². The van der Waals surface area contributed by atoms with Crippen molar-refractivity contribution in [2.45, 2.75) is 31.6 Å². The lowest BCUT2D eigenvalue weighted by Gasteiger charge is -2.39. The molecule has 2 aliphatic heterocycles. The van der Waals surface area contributed by atoms with E-state index in [4.69, 9.17) is 0 Å². The van der Waals surface area contributed by atoms with E-state index in [0.29, 0.717) is 11.8 Å². The second-order valence-electron chi connectivity index (χ2n) is 6.34. The van der Waals surface area contributed by atoms with E-state index in [9.17, 15) is 4.79 Å². The monoisotopic (exact) mass is 272 g/mol. The topological polar surface area (TPSA) is 32.3 Å². The molecule has 0 saturated carbocycles. The maximum Gasteiger partial charge on any atom is 0.233 e. The van der Waals surface area contributed by atoms with Gasteiger partial charge in [-0.1, -0.05) is 37.3 Å². The van der Waals surface area contributed by atoms with Crippen molar-refractivity contribution in [1.29, 1.82) is 0 Å². The lowest BCUT2D eigenvalue weighted by Crippen LogP contribution is -2.51. The average Bonchev–Trinajstić information content (AvgIpc) is 2.94. The highest BCUT2D eigenvalue weighted by Gasteiger charge is 2.44. The summed E-state index contributed by atoms with van der Waals surface area (Å²) in [5.41, 5.74) is 0.905. The van der Waals surface area contributed by atoms with E-state index in [-0.39, 0.29) is 5.41 Å². The van der Waals surface area contributed by atoms with Crippen LogP contribution in [0.2, 0.25) is 0 Å². The van der Waals surface area contributed by atoms with Gasteiger partial charge >= 0.3 is 0 Å². The third kappa shape index (κ3) is 2.35. The number of carbonyl (C=O) groups is 1. The fourth-order valence-electron chi connectivity index (χ4n) is 3.66. The van der Waals surface area contributed by atoms with Gasteiger partial charge in [0.15, 0.2) is 0 Å². The van der Waals surface area contributed by atoms with Gasteiger partial charge in [0.05, 0.1) is 5.41 Å². The van der Waals surface area contributed by atoms with Gasteiger partial charge < -0.3 is 10.2 Å². The number of hydrogen-bond donors (Lipinski definition) is 1. The third-order valence-corrected chi connectivity index (χ3v) is 4.90. The van der Waals surface area contributed by atoms with E-state index >= 15 is 0 Å². The number of carbonyl (C=O) groups excluding carboxylic acids is 1. The summed E-state index contributed by atoms with van der Waals surface area (Å²) in [7, 11) is 0. The molecule has 1 unspecified atom stereocenters. The standard InChI is InChI=1S/C17H24N2O/c1-14-7-12-19(13-14)16(20)17(8-10-18-11-9-17)15-5-3-2-4-6-15/h2-6,14,18H,7-13H2,1H3. The highest BCUT2D eigenvalue weighted by Crippen LogP contribution is 2.36. The summed E-state index contributed by atoms with van der Waals surface area (Å²) in [5, 5.41) is 3.39. The smallest absolute Gasteiger partial charge is 0.233 e. The van der Waals surface area contributed by atoms with Crippen LogP contribution in [-0.2, 0) is 10.2 Å². The molecule has 2 heterocycles. The summed E-state index contributed by atoms with van der Waals surface area (Å²) >= 11 is 0. The molecule has 1 atom stereocenters. The Labute approximate surface area is 121 Å². The zero-order chi connectivity index (χ0) is 14.0. The molecule has 2 saturated heterocycles. The van der Waals surface area contributed by atoms with Gasteiger partial charge in [-0.3, -0.25) is 4.79 Å². The van der Waals surface area contributed by atoms with Crippen molar-refractivity contribution < 1.29 is 4.79 Å². The first-order valence-corrected chi connectivity index (χ1v) is 7.78. The first kappa shape index (κ1) is 13.6. The number of benzene rings is 1. The predicted octanol–water partition coefficient (Wildman–Crippen LogP) is 2.18. The van der Waals surface area contributed by atoms with Crippen LogP contribution < -0.4 is 5.32 Å². The summed E-state index contributed by atoms with van der Waals surface area (Å²) in [6.07, 6.45) is 2.98. The van der Waals surface area contributed by atoms with Crippen LogP contribution in [0.1, 0.15) is 31.7 Å². The largest absolute Gasteiger partial charge is 0.342 e. The normalized spacial score (nSPS) is 25.6. The molecule has 3 heteroatoms. The Hall–Kier alpha value is -1.35. The molecule has 0 spiro atoms. The summed E-state index contributed by atoms with van der Waals surface area (Å²) in [6.45, 7) is 5.97. The maximum atomic E-state index is 13.2. The van der Waals surface area contributed by atoms with Gasteiger partial charge in [0, 0.05) is 13.1 Å². The molecule has 0 bridgehead atoms. The van der Waals surface area contributed by atoms with Crippen molar-refractivity contribution in [3.05, 3.63) is 35.9 Å². The highest BCUT2D eigenvalue weighted by molar-refractivity contribution is 5.88. The number of hydrogen-bond acceptors (Lipinski definition) is 2. The van der Waals surface area contributed by atoms with E-state index in [1.54, 1.807) is 0 Å². The van der Waals surface area contributed by atoms with Gasteiger partial charge in [-0.25, -0.2) is 0 Å². The van der Waals surface area contributed by atoms with Crippen LogP contribution in [0.5, 0.6) is 0 Å². The van der Waals surface area contributed by atoms with E-state index in [0.717, 1.165) is 45.4 Å². The average molecular weight is 272 g/mol. The first-order chi connectivity index (χ1) is 9.72. The predicted molar refractivity (Wildman–Crippen MR) is 80.6 cm³/mol. The molecule has 3 nitrogen and oxygen atoms in total. The number of amides is 1. The van der Waals surface area contributed by atoms with Crippen LogP contribution in [0, 0.1) is 5.92 Å². The Morgan fingerprint density at radius 2 is 1.95 bits per heavy atom. The molecule has 0 radical (unpaired) electrons. The minimum absolute atomic E-state index is 0.295. The molecule has 1 aromatic rings. The number of piperidine rings is 1. The zero-order valence-electron chi connectivity index (χ0n) is 12.3. The molecule has 20 heavy (non-hydrogen) atoms. The number of rotatable bonds is 2. The van der Waals surface area contributed by atoms with Crippen molar-refractivity contribution in [3.63, 3.8) is 0 Å². The van der Waals surface area contributed by atoms with Crippen molar-refractivity contribution in [2.75, 3.05) is 26.2 Å². The van der Waals surface area contributed by atoms with Crippen LogP contribution in [0.15, 0.2) is 30.3 Å². The lowest BCUT2D eigenvalue weighted by molar-refractivity contribution is -0.137. The molecule has 2 aliphatic rings. The van der Waals surface area contributed by atoms with Gasteiger partial charge in [0.2, 0.25) is 5.91 Å². The molecular formula is C17H24N2O. The number of likely N-dealkylation sites (tertiary alicyclic amines) is 1. The first-order valence-electron chi connectivity index (χ1n) is 7.78. The maximum absolute atomic E-state index is 13.2. The lowest BCUT2D eigenvalue weighted by atomic mass is 9.72. The SMILES string of the molecule is CC1CCN(C(=O)C2(c3ccccc3)CCNCC2)C1. The van der Waals surface area contributed by atoms with Gasteiger partial charge in [0.1, 0.15) is 0 Å². The summed E-state index contributed by atoms with van der Waals surface area (Å²) in [5.74, 6) is 1.00. The van der Waals surface area contributed by atoms with Crippen molar-refractivity contribution in [2.24, 2.45) is 5.92 Å². The quantitative estimate of drug-likeness (QED) is 0.895. The summed E-state index contributed by atoms with van der Waals surface area (Å²) < 4.78 is 0. The van der Waals surface area contributed by atoms with Gasteiger partial charge in [-0.2, -0.15) is 0 Å². The third-order valence-electron chi connectivity index (χ3n) is 4.90. The molecule has 0 aliphatic carbocycles. The Bertz CT molecular complexity index is 465. The molecule has 3 rings (SSSR count). The van der Waals surface area contributed by atoms with E-state index < -0.39 is 0 Å². The van der Waals surface area contributed by atoms with E-state index in [2.05, 4.69) is 41.4 Å².